The first-order valence-corrected chi connectivity index (χ1v) is 5.86. The number of nitrogen functional groups attached to an aromatic ring is 1. The highest BCUT2D eigenvalue weighted by Crippen LogP contribution is 2.31. The van der Waals surface area contributed by atoms with Crippen LogP contribution in [0.25, 0.3) is 0 Å². The zero-order chi connectivity index (χ0) is 11.7. The minimum atomic E-state index is 0.641. The summed E-state index contributed by atoms with van der Waals surface area (Å²) in [4.78, 5) is 0. The molecule has 1 aromatic carbocycles. The van der Waals surface area contributed by atoms with Gasteiger partial charge >= 0.3 is 0 Å². The van der Waals surface area contributed by atoms with Crippen molar-refractivity contribution in [1.82, 2.24) is 9.78 Å². The minimum Gasteiger partial charge on any atom is -0.452 e. The molecule has 0 atom stereocenters. The van der Waals surface area contributed by atoms with Crippen LogP contribution in [0.2, 0.25) is 0 Å². The van der Waals surface area contributed by atoms with Crippen molar-refractivity contribution in [3.63, 3.8) is 0 Å². The van der Waals surface area contributed by atoms with Crippen molar-refractivity contribution >= 4 is 5.69 Å². The molecule has 1 aliphatic rings. The zero-order valence-corrected chi connectivity index (χ0v) is 9.54. The van der Waals surface area contributed by atoms with Gasteiger partial charge in [-0.3, -0.25) is 4.68 Å². The summed E-state index contributed by atoms with van der Waals surface area (Å²) in [5.74, 6) is 2.23. The molecule has 88 valence electrons. The van der Waals surface area contributed by atoms with Crippen LogP contribution in [-0.4, -0.2) is 9.78 Å². The van der Waals surface area contributed by atoms with E-state index in [1.807, 2.05) is 35.1 Å². The number of rotatable bonds is 4. The first-order chi connectivity index (χ1) is 8.31. The van der Waals surface area contributed by atoms with Crippen molar-refractivity contribution in [2.45, 2.75) is 19.4 Å². The summed E-state index contributed by atoms with van der Waals surface area (Å²) < 4.78 is 7.62. The van der Waals surface area contributed by atoms with E-state index in [4.69, 9.17) is 10.5 Å². The van der Waals surface area contributed by atoms with Crippen molar-refractivity contribution < 1.29 is 4.74 Å². The maximum atomic E-state index is 5.81. The van der Waals surface area contributed by atoms with E-state index in [1.165, 1.54) is 12.8 Å². The average Bonchev–Trinajstić information content (AvgIpc) is 3.02. The van der Waals surface area contributed by atoms with E-state index in [0.717, 1.165) is 18.2 Å². The fraction of sp³-hybridized carbons (Fsp3) is 0.308. The van der Waals surface area contributed by atoms with Crippen LogP contribution in [0.3, 0.4) is 0 Å². The van der Waals surface area contributed by atoms with Crippen LogP contribution >= 0.6 is 0 Å². The SMILES string of the molecule is Nc1ccccc1Oc1cnn(CC2CC2)c1. The third kappa shape index (κ3) is 2.41. The van der Waals surface area contributed by atoms with E-state index in [2.05, 4.69) is 5.10 Å². The molecule has 0 amide bonds. The number of hydrogen-bond donors (Lipinski definition) is 1. The number of hydrogen-bond acceptors (Lipinski definition) is 3. The van der Waals surface area contributed by atoms with Gasteiger partial charge in [0.15, 0.2) is 5.75 Å². The van der Waals surface area contributed by atoms with Gasteiger partial charge in [0.1, 0.15) is 5.75 Å². The second-order valence-corrected chi connectivity index (χ2v) is 4.48. The van der Waals surface area contributed by atoms with E-state index in [1.54, 1.807) is 6.20 Å². The lowest BCUT2D eigenvalue weighted by Gasteiger charge is -2.05. The summed E-state index contributed by atoms with van der Waals surface area (Å²) in [7, 11) is 0. The molecule has 0 saturated heterocycles. The summed E-state index contributed by atoms with van der Waals surface area (Å²) >= 11 is 0. The maximum absolute atomic E-state index is 5.81. The van der Waals surface area contributed by atoms with E-state index in [0.29, 0.717) is 11.4 Å². The van der Waals surface area contributed by atoms with Crippen molar-refractivity contribution in [3.8, 4) is 11.5 Å². The smallest absolute Gasteiger partial charge is 0.165 e. The van der Waals surface area contributed by atoms with Gasteiger partial charge in [-0.1, -0.05) is 12.1 Å². The number of ether oxygens (including phenoxy) is 1. The predicted octanol–water partition coefficient (Wildman–Crippen LogP) is 2.67. The molecule has 1 aromatic heterocycles. The number of anilines is 1. The van der Waals surface area contributed by atoms with Gasteiger partial charge in [-0.25, -0.2) is 0 Å². The summed E-state index contributed by atoms with van der Waals surface area (Å²) in [5, 5.41) is 4.27. The van der Waals surface area contributed by atoms with Crippen molar-refractivity contribution in [2.75, 3.05) is 5.73 Å². The molecule has 3 rings (SSSR count). The highest BCUT2D eigenvalue weighted by molar-refractivity contribution is 5.53. The summed E-state index contributed by atoms with van der Waals surface area (Å²) in [6.45, 7) is 0.994. The Morgan fingerprint density at radius 3 is 2.94 bits per heavy atom. The van der Waals surface area contributed by atoms with Crippen LogP contribution in [-0.2, 0) is 6.54 Å². The van der Waals surface area contributed by atoms with Crippen LogP contribution in [0.1, 0.15) is 12.8 Å². The zero-order valence-electron chi connectivity index (χ0n) is 9.54. The number of aromatic nitrogens is 2. The molecule has 0 radical (unpaired) electrons. The molecule has 1 saturated carbocycles. The van der Waals surface area contributed by atoms with Crippen LogP contribution in [0, 0.1) is 5.92 Å². The Morgan fingerprint density at radius 1 is 1.35 bits per heavy atom. The molecule has 1 heterocycles. The largest absolute Gasteiger partial charge is 0.452 e. The van der Waals surface area contributed by atoms with Crippen molar-refractivity contribution in [3.05, 3.63) is 36.7 Å². The summed E-state index contributed by atoms with van der Waals surface area (Å²) in [6.07, 6.45) is 6.29. The molecule has 0 aliphatic heterocycles. The van der Waals surface area contributed by atoms with E-state index in [9.17, 15) is 0 Å². The maximum Gasteiger partial charge on any atom is 0.165 e. The molecule has 2 N–H and O–H groups in total. The summed E-state index contributed by atoms with van der Waals surface area (Å²) in [5.41, 5.74) is 6.45. The fourth-order valence-electron chi connectivity index (χ4n) is 1.76. The molecular formula is C13H15N3O. The Bertz CT molecular complexity index is 517. The van der Waals surface area contributed by atoms with E-state index in [-0.39, 0.29) is 0 Å². The second-order valence-electron chi connectivity index (χ2n) is 4.48. The van der Waals surface area contributed by atoms with Gasteiger partial charge in [-0.05, 0) is 30.9 Å². The number of nitrogens with zero attached hydrogens (tertiary/aromatic N) is 2. The van der Waals surface area contributed by atoms with Gasteiger partial charge in [-0.2, -0.15) is 5.10 Å². The molecule has 0 unspecified atom stereocenters. The molecular weight excluding hydrogens is 214 g/mol. The topological polar surface area (TPSA) is 53.1 Å². The molecule has 2 aromatic rings. The fourth-order valence-corrected chi connectivity index (χ4v) is 1.76. The van der Waals surface area contributed by atoms with Crippen molar-refractivity contribution in [2.24, 2.45) is 5.92 Å². The molecule has 0 bridgehead atoms. The average molecular weight is 229 g/mol. The number of para-hydroxylation sites is 2. The standard InChI is InChI=1S/C13H15N3O/c14-12-3-1-2-4-13(12)17-11-7-15-16(9-11)8-10-5-6-10/h1-4,7,9-10H,5-6,8,14H2. The molecule has 1 fully saturated rings. The Morgan fingerprint density at radius 2 is 2.18 bits per heavy atom. The highest BCUT2D eigenvalue weighted by Gasteiger charge is 2.22. The first kappa shape index (κ1) is 10.2. The van der Waals surface area contributed by atoms with Crippen LogP contribution < -0.4 is 10.5 Å². The lowest BCUT2D eigenvalue weighted by molar-refractivity contribution is 0.482. The van der Waals surface area contributed by atoms with E-state index >= 15 is 0 Å². The van der Waals surface area contributed by atoms with Gasteiger partial charge in [0.05, 0.1) is 18.1 Å². The van der Waals surface area contributed by atoms with Gasteiger partial charge < -0.3 is 10.5 Å². The molecule has 4 heteroatoms. The van der Waals surface area contributed by atoms with Crippen LogP contribution in [0.5, 0.6) is 11.5 Å². The Labute approximate surface area is 100 Å². The molecule has 1 aliphatic carbocycles. The molecule has 0 spiro atoms. The summed E-state index contributed by atoms with van der Waals surface area (Å²) in [6, 6.07) is 7.47. The Hall–Kier alpha value is -1.97. The normalized spacial score (nSPS) is 14.8. The first-order valence-electron chi connectivity index (χ1n) is 5.86. The van der Waals surface area contributed by atoms with E-state index < -0.39 is 0 Å². The third-order valence-electron chi connectivity index (χ3n) is 2.90. The van der Waals surface area contributed by atoms with Gasteiger partial charge in [0.2, 0.25) is 0 Å². The minimum absolute atomic E-state index is 0.641. The Balaban J connectivity index is 1.72. The van der Waals surface area contributed by atoms with Gasteiger partial charge in [0, 0.05) is 6.54 Å². The third-order valence-corrected chi connectivity index (χ3v) is 2.90. The lowest BCUT2D eigenvalue weighted by atomic mass is 10.3. The number of benzene rings is 1. The number of nitrogens with two attached hydrogens (primary N) is 1. The van der Waals surface area contributed by atoms with Crippen LogP contribution in [0.4, 0.5) is 5.69 Å². The second kappa shape index (κ2) is 4.13. The molecule has 17 heavy (non-hydrogen) atoms. The quantitative estimate of drug-likeness (QED) is 0.820. The van der Waals surface area contributed by atoms with Gasteiger partial charge in [0.25, 0.3) is 0 Å². The van der Waals surface area contributed by atoms with Crippen molar-refractivity contribution in [1.29, 1.82) is 0 Å². The van der Waals surface area contributed by atoms with Gasteiger partial charge in [-0.15, -0.1) is 0 Å². The Kier molecular flexibility index (Phi) is 2.48. The van der Waals surface area contributed by atoms with Crippen LogP contribution in [0.15, 0.2) is 36.7 Å². The molecule has 4 nitrogen and oxygen atoms in total. The predicted molar refractivity (Wildman–Crippen MR) is 65.9 cm³/mol. The monoisotopic (exact) mass is 229 g/mol. The highest BCUT2D eigenvalue weighted by atomic mass is 16.5. The lowest BCUT2D eigenvalue weighted by Crippen LogP contribution is -1.99.